The van der Waals surface area contributed by atoms with Gasteiger partial charge in [-0.1, -0.05) is 6.07 Å². The first-order valence-electron chi connectivity index (χ1n) is 14.3. The van der Waals surface area contributed by atoms with Gasteiger partial charge in [0, 0.05) is 26.2 Å². The Morgan fingerprint density at radius 1 is 1.14 bits per heavy atom. The Bertz CT molecular complexity index is 1580. The van der Waals surface area contributed by atoms with Gasteiger partial charge in [0.25, 0.3) is 0 Å². The number of aliphatic hydroxyl groups excluding tert-OH is 1. The molecule has 14 nitrogen and oxygen atoms in total. The van der Waals surface area contributed by atoms with Crippen LogP contribution in [0.3, 0.4) is 0 Å². The number of sulfonamides is 2. The average Bonchev–Trinajstić information content (AvgIpc) is 3.41. The third kappa shape index (κ3) is 6.74. The SMILES string of the molecule is CNS(=O)(=O)c1cccc(OC[C@@H](O)CN(C(=O)O)[C@H]2COC3(CCN(S(=O)(=O)c4ccc5c(c4)N(C)CCO5)CC3)C2)c1. The molecule has 0 saturated carbocycles. The standard InChI is InChI=1S/C28H38N4O10S2/c1-29-43(36,37)23-5-3-4-22(14-23)41-19-21(33)17-32(27(34)35)20-16-28(42-18-20)8-10-31(11-9-28)44(38,39)24-6-7-26-25(15-24)30(2)12-13-40-26/h3-7,14-15,20-21,29,33H,8-13,16-19H2,1-2H3,(H,34,35)/t20-,21+/m1/s1. The van der Waals surface area contributed by atoms with Gasteiger partial charge in [0.1, 0.15) is 30.8 Å². The van der Waals surface area contributed by atoms with Crippen molar-refractivity contribution in [2.75, 3.05) is 65.0 Å². The highest BCUT2D eigenvalue weighted by Gasteiger charge is 2.47. The van der Waals surface area contributed by atoms with Gasteiger partial charge in [-0.2, -0.15) is 4.31 Å². The first-order chi connectivity index (χ1) is 20.8. The van der Waals surface area contributed by atoms with Crippen LogP contribution in [-0.2, 0) is 24.8 Å². The van der Waals surface area contributed by atoms with Crippen LogP contribution >= 0.6 is 0 Å². The van der Waals surface area contributed by atoms with E-state index in [4.69, 9.17) is 14.2 Å². The summed E-state index contributed by atoms with van der Waals surface area (Å²) in [6.07, 6.45) is -1.24. The lowest BCUT2D eigenvalue weighted by Crippen LogP contribution is -2.48. The molecule has 2 saturated heterocycles. The summed E-state index contributed by atoms with van der Waals surface area (Å²) in [6, 6.07) is 10.1. The maximum Gasteiger partial charge on any atom is 0.407 e. The van der Waals surface area contributed by atoms with Gasteiger partial charge in [0.2, 0.25) is 20.0 Å². The van der Waals surface area contributed by atoms with Crippen LogP contribution in [-0.4, -0.2) is 120 Å². The molecule has 2 fully saturated rings. The van der Waals surface area contributed by atoms with Gasteiger partial charge < -0.3 is 34.2 Å². The second kappa shape index (κ2) is 12.7. The van der Waals surface area contributed by atoms with E-state index in [1.54, 1.807) is 18.2 Å². The van der Waals surface area contributed by atoms with E-state index in [1.807, 2.05) is 11.9 Å². The summed E-state index contributed by atoms with van der Waals surface area (Å²) in [5, 5.41) is 20.5. The molecule has 1 spiro atoms. The minimum absolute atomic E-state index is 0.00344. The topological polar surface area (TPSA) is 175 Å². The highest BCUT2D eigenvalue weighted by Crippen LogP contribution is 2.40. The van der Waals surface area contributed by atoms with Crippen LogP contribution < -0.4 is 19.1 Å². The van der Waals surface area contributed by atoms with E-state index in [-0.39, 0.29) is 48.4 Å². The number of aliphatic hydroxyl groups is 1. The Morgan fingerprint density at radius 2 is 1.89 bits per heavy atom. The van der Waals surface area contributed by atoms with Crippen molar-refractivity contribution < 1.29 is 46.1 Å². The third-order valence-electron chi connectivity index (χ3n) is 8.41. The maximum atomic E-state index is 13.5. The number of hydrogen-bond acceptors (Lipinski definition) is 10. The minimum atomic E-state index is -3.76. The molecule has 0 unspecified atom stereocenters. The molecule has 3 N–H and O–H groups in total. The molecular formula is C28H38N4O10S2. The Labute approximate surface area is 257 Å². The fraction of sp³-hybridized carbons (Fsp3) is 0.536. The van der Waals surface area contributed by atoms with Gasteiger partial charge in [-0.25, -0.2) is 26.4 Å². The maximum absolute atomic E-state index is 13.5. The molecule has 3 heterocycles. The van der Waals surface area contributed by atoms with Gasteiger partial charge in [-0.3, -0.25) is 0 Å². The van der Waals surface area contributed by atoms with Crippen molar-refractivity contribution in [3.05, 3.63) is 42.5 Å². The van der Waals surface area contributed by atoms with Crippen LogP contribution in [0.25, 0.3) is 0 Å². The largest absolute Gasteiger partial charge is 0.491 e. The molecule has 2 atom stereocenters. The molecule has 16 heteroatoms. The molecule has 0 aliphatic carbocycles. The zero-order chi connectivity index (χ0) is 31.7. The molecule has 0 radical (unpaired) electrons. The lowest BCUT2D eigenvalue weighted by Gasteiger charge is -2.38. The molecule has 44 heavy (non-hydrogen) atoms. The number of anilines is 1. The third-order valence-corrected chi connectivity index (χ3v) is 11.7. The fourth-order valence-corrected chi connectivity index (χ4v) is 8.07. The van der Waals surface area contributed by atoms with Gasteiger partial charge in [0.05, 0.1) is 46.8 Å². The summed E-state index contributed by atoms with van der Waals surface area (Å²) in [5.74, 6) is 0.859. The lowest BCUT2D eigenvalue weighted by atomic mass is 9.88. The molecule has 3 aliphatic heterocycles. The molecular weight excluding hydrogens is 616 g/mol. The zero-order valence-corrected chi connectivity index (χ0v) is 26.2. The molecule has 0 aromatic heterocycles. The number of amides is 1. The summed E-state index contributed by atoms with van der Waals surface area (Å²) in [7, 11) is -4.26. The number of hydrogen-bond donors (Lipinski definition) is 3. The molecule has 5 rings (SSSR count). The summed E-state index contributed by atoms with van der Waals surface area (Å²) in [5.41, 5.74) is 0.0546. The number of ether oxygens (including phenoxy) is 3. The van der Waals surface area contributed by atoms with Crippen LogP contribution in [0, 0.1) is 0 Å². The van der Waals surface area contributed by atoms with Crippen molar-refractivity contribution in [1.82, 2.24) is 13.9 Å². The Hall–Kier alpha value is -3.15. The van der Waals surface area contributed by atoms with Crippen molar-refractivity contribution in [2.45, 2.75) is 46.8 Å². The van der Waals surface area contributed by atoms with Crippen molar-refractivity contribution in [1.29, 1.82) is 0 Å². The second-order valence-electron chi connectivity index (χ2n) is 11.2. The molecule has 3 aliphatic rings. The number of nitrogens with one attached hydrogen (secondary N) is 1. The Kier molecular flexibility index (Phi) is 9.30. The number of rotatable bonds is 10. The van der Waals surface area contributed by atoms with Crippen LogP contribution in [0.1, 0.15) is 19.3 Å². The van der Waals surface area contributed by atoms with Crippen LogP contribution in [0.2, 0.25) is 0 Å². The number of fused-ring (bicyclic) bond motifs is 1. The summed E-state index contributed by atoms with van der Waals surface area (Å²) < 4.78 is 72.0. The van der Waals surface area contributed by atoms with Crippen molar-refractivity contribution >= 4 is 31.8 Å². The Balaban J connectivity index is 1.17. The van der Waals surface area contributed by atoms with Gasteiger partial charge >= 0.3 is 6.09 Å². The van der Waals surface area contributed by atoms with E-state index in [0.29, 0.717) is 38.2 Å². The van der Waals surface area contributed by atoms with Gasteiger partial charge in [0.15, 0.2) is 0 Å². The number of nitrogens with zero attached hydrogens (tertiary/aromatic N) is 3. The second-order valence-corrected chi connectivity index (χ2v) is 15.1. The molecule has 2 aromatic rings. The number of carboxylic acid groups (broad SMARTS) is 1. The highest BCUT2D eigenvalue weighted by atomic mass is 32.2. The first kappa shape index (κ1) is 32.2. The van der Waals surface area contributed by atoms with E-state index < -0.39 is 43.9 Å². The van der Waals surface area contributed by atoms with Crippen molar-refractivity contribution in [3.8, 4) is 11.5 Å². The predicted molar refractivity (Wildman–Crippen MR) is 159 cm³/mol. The number of benzene rings is 2. The van der Waals surface area contributed by atoms with E-state index in [1.165, 1.54) is 35.6 Å². The molecule has 1 amide bonds. The summed E-state index contributed by atoms with van der Waals surface area (Å²) in [6.45, 7) is 1.27. The molecule has 0 bridgehead atoms. The van der Waals surface area contributed by atoms with Crippen molar-refractivity contribution in [2.24, 2.45) is 0 Å². The quantitative estimate of drug-likeness (QED) is 0.335. The van der Waals surface area contributed by atoms with Gasteiger partial charge in [-0.05, 0) is 56.6 Å². The number of carbonyl (C=O) groups is 1. The van der Waals surface area contributed by atoms with Crippen LogP contribution in [0.5, 0.6) is 11.5 Å². The normalized spacial score (nSPS) is 21.0. The summed E-state index contributed by atoms with van der Waals surface area (Å²) in [4.78, 5) is 15.4. The van der Waals surface area contributed by atoms with E-state index in [0.717, 1.165) is 10.6 Å². The van der Waals surface area contributed by atoms with E-state index >= 15 is 0 Å². The fourth-order valence-electron chi connectivity index (χ4n) is 5.85. The van der Waals surface area contributed by atoms with E-state index in [9.17, 15) is 31.8 Å². The smallest absolute Gasteiger partial charge is 0.407 e. The van der Waals surface area contributed by atoms with Gasteiger partial charge in [-0.15, -0.1) is 0 Å². The summed E-state index contributed by atoms with van der Waals surface area (Å²) >= 11 is 0. The first-order valence-corrected chi connectivity index (χ1v) is 17.2. The van der Waals surface area contributed by atoms with Crippen LogP contribution in [0.4, 0.5) is 10.5 Å². The lowest BCUT2D eigenvalue weighted by molar-refractivity contribution is -0.0319. The molecule has 2 aromatic carbocycles. The zero-order valence-electron chi connectivity index (χ0n) is 24.6. The molecule has 242 valence electrons. The minimum Gasteiger partial charge on any atom is -0.491 e. The van der Waals surface area contributed by atoms with E-state index in [2.05, 4.69) is 4.72 Å². The van der Waals surface area contributed by atoms with Crippen LogP contribution in [0.15, 0.2) is 52.3 Å². The number of piperidine rings is 1. The average molecular weight is 655 g/mol. The monoisotopic (exact) mass is 654 g/mol. The predicted octanol–water partition coefficient (Wildman–Crippen LogP) is 1.16. The highest BCUT2D eigenvalue weighted by molar-refractivity contribution is 7.89. The Morgan fingerprint density at radius 3 is 2.59 bits per heavy atom. The van der Waals surface area contributed by atoms with Crippen molar-refractivity contribution in [3.63, 3.8) is 0 Å². The number of likely N-dealkylation sites (N-methyl/N-ethyl adjacent to an activating group) is 1.